The first kappa shape index (κ1) is 22.3. The molecule has 4 aromatic heterocycles. The summed E-state index contributed by atoms with van der Waals surface area (Å²) in [7, 11) is 0. The number of hydrogen-bond acceptors (Lipinski definition) is 4. The van der Waals surface area contributed by atoms with E-state index in [9.17, 15) is 0 Å². The first-order valence-electron chi connectivity index (χ1n) is 11.7. The lowest BCUT2D eigenvalue weighted by Crippen LogP contribution is -2.20. The molecule has 0 aliphatic heterocycles. The van der Waals surface area contributed by atoms with E-state index >= 15 is 0 Å². The van der Waals surface area contributed by atoms with Crippen LogP contribution >= 0.6 is 0 Å². The molecule has 0 saturated heterocycles. The van der Waals surface area contributed by atoms with E-state index in [0.717, 1.165) is 61.3 Å². The Hall–Kier alpha value is -4.45. The highest BCUT2D eigenvalue weighted by molar-refractivity contribution is 6.01. The second-order valence-electron chi connectivity index (χ2n) is 8.73. The zero-order chi connectivity index (χ0) is 24.4. The number of aromatic nitrogens is 5. The van der Waals surface area contributed by atoms with Gasteiger partial charge >= 0.3 is 0 Å². The molecule has 0 unspecified atom stereocenters. The van der Waals surface area contributed by atoms with Gasteiger partial charge in [-0.3, -0.25) is 15.1 Å². The van der Waals surface area contributed by atoms with Crippen molar-refractivity contribution in [1.29, 1.82) is 0 Å². The molecule has 0 aliphatic carbocycles. The molecule has 0 atom stereocenters. The van der Waals surface area contributed by atoms with Crippen LogP contribution in [0.3, 0.4) is 0 Å². The fourth-order valence-electron chi connectivity index (χ4n) is 4.30. The maximum atomic E-state index is 4.65. The van der Waals surface area contributed by atoms with Gasteiger partial charge in [0.2, 0.25) is 0 Å². The summed E-state index contributed by atoms with van der Waals surface area (Å²) in [6.45, 7) is 10.2. The molecule has 6 heteroatoms. The third kappa shape index (κ3) is 4.38. The van der Waals surface area contributed by atoms with Crippen molar-refractivity contribution in [3.63, 3.8) is 0 Å². The number of pyridine rings is 2. The Morgan fingerprint density at radius 3 is 2.69 bits per heavy atom. The van der Waals surface area contributed by atoms with Crippen LogP contribution in [0.5, 0.6) is 0 Å². The lowest BCUT2D eigenvalue weighted by atomic mass is 10.0. The minimum absolute atomic E-state index is 0.327. The molecule has 35 heavy (non-hydrogen) atoms. The number of benzene rings is 1. The third-order valence-electron chi connectivity index (χ3n) is 5.94. The van der Waals surface area contributed by atoms with Crippen LogP contribution in [0.2, 0.25) is 0 Å². The monoisotopic (exact) mass is 460 g/mol. The molecule has 3 N–H and O–H groups in total. The van der Waals surface area contributed by atoms with Gasteiger partial charge in [0.15, 0.2) is 0 Å². The normalized spacial score (nSPS) is 12.6. The molecule has 0 fully saturated rings. The molecular weight excluding hydrogens is 432 g/mol. The van der Waals surface area contributed by atoms with Gasteiger partial charge < -0.3 is 10.3 Å². The highest BCUT2D eigenvalue weighted by atomic mass is 15.1. The fourth-order valence-corrected chi connectivity index (χ4v) is 4.30. The highest BCUT2D eigenvalue weighted by Crippen LogP contribution is 2.34. The summed E-state index contributed by atoms with van der Waals surface area (Å²) in [5, 5.41) is 13.4. The molecule has 0 saturated carbocycles. The summed E-state index contributed by atoms with van der Waals surface area (Å²) in [6.07, 6.45) is 11.6. The van der Waals surface area contributed by atoms with Gasteiger partial charge in [0.25, 0.3) is 0 Å². The average molecular weight is 461 g/mol. The number of allylic oxidation sites excluding steroid dienone is 4. The van der Waals surface area contributed by atoms with Gasteiger partial charge in [-0.1, -0.05) is 24.8 Å². The maximum Gasteiger partial charge on any atom is 0.116 e. The fraction of sp³-hybridized carbons (Fsp3) is 0.138. The summed E-state index contributed by atoms with van der Waals surface area (Å²) in [4.78, 5) is 12.4. The van der Waals surface area contributed by atoms with E-state index in [1.807, 2.05) is 43.6 Å². The van der Waals surface area contributed by atoms with Crippen molar-refractivity contribution >= 4 is 27.4 Å². The topological polar surface area (TPSA) is 82.3 Å². The Morgan fingerprint density at radius 1 is 1.06 bits per heavy atom. The van der Waals surface area contributed by atoms with Gasteiger partial charge in [-0.25, -0.2) is 0 Å². The van der Waals surface area contributed by atoms with Crippen molar-refractivity contribution in [3.8, 4) is 22.6 Å². The molecule has 174 valence electrons. The Morgan fingerprint density at radius 2 is 1.94 bits per heavy atom. The van der Waals surface area contributed by atoms with Crippen LogP contribution in [-0.2, 0) is 0 Å². The van der Waals surface area contributed by atoms with Gasteiger partial charge in [-0.2, -0.15) is 5.10 Å². The number of fused-ring (bicyclic) bond motifs is 2. The van der Waals surface area contributed by atoms with Gasteiger partial charge in [0.05, 0.1) is 28.6 Å². The summed E-state index contributed by atoms with van der Waals surface area (Å²) in [5.41, 5.74) is 8.82. The van der Waals surface area contributed by atoms with Crippen LogP contribution in [0.25, 0.3) is 50.0 Å². The Balaban J connectivity index is 1.59. The minimum atomic E-state index is 0.327. The first-order chi connectivity index (χ1) is 17.1. The Labute approximate surface area is 204 Å². The van der Waals surface area contributed by atoms with E-state index < -0.39 is 0 Å². The summed E-state index contributed by atoms with van der Waals surface area (Å²) in [5.74, 6) is 0. The van der Waals surface area contributed by atoms with E-state index in [0.29, 0.717) is 6.04 Å². The van der Waals surface area contributed by atoms with Crippen molar-refractivity contribution in [1.82, 2.24) is 30.5 Å². The lowest BCUT2D eigenvalue weighted by molar-refractivity contribution is 0.682. The van der Waals surface area contributed by atoms with Crippen LogP contribution in [0.4, 0.5) is 0 Å². The van der Waals surface area contributed by atoms with Gasteiger partial charge in [0, 0.05) is 40.5 Å². The summed E-state index contributed by atoms with van der Waals surface area (Å²) < 4.78 is 0. The zero-order valence-corrected chi connectivity index (χ0v) is 20.1. The predicted octanol–water partition coefficient (Wildman–Crippen LogP) is 6.64. The Kier molecular flexibility index (Phi) is 6.02. The minimum Gasteiger partial charge on any atom is -0.383 e. The van der Waals surface area contributed by atoms with Crippen molar-refractivity contribution < 1.29 is 0 Å². The van der Waals surface area contributed by atoms with Crippen LogP contribution < -0.4 is 5.32 Å². The smallest absolute Gasteiger partial charge is 0.116 e. The molecule has 0 aliphatic rings. The van der Waals surface area contributed by atoms with E-state index in [4.69, 9.17) is 0 Å². The molecule has 4 heterocycles. The number of nitrogens with zero attached hydrogens (tertiary/aromatic N) is 3. The molecule has 0 bridgehead atoms. The molecular formula is C29H28N6. The van der Waals surface area contributed by atoms with E-state index in [1.165, 1.54) is 0 Å². The van der Waals surface area contributed by atoms with Crippen molar-refractivity contribution in [2.24, 2.45) is 0 Å². The Bertz CT molecular complexity index is 1570. The number of hydrogen-bond donors (Lipinski definition) is 3. The van der Waals surface area contributed by atoms with Crippen LogP contribution in [-0.4, -0.2) is 31.2 Å². The molecule has 0 amide bonds. The van der Waals surface area contributed by atoms with Crippen molar-refractivity contribution in [2.45, 2.75) is 26.8 Å². The standard InChI is InChI=1S/C29H28N6/c1-5-19(13-21(6-2)32-18(3)4)20-10-11-26-23(14-20)29(35-34-26)27-15-22-24(16-30-17-28(22)33-27)25-9-7-8-12-31-25/h5-18,32-33H,2H2,1,3-4H3,(H,34,35)/b19-5+,21-13+. The largest absolute Gasteiger partial charge is 0.383 e. The number of aromatic amines is 2. The van der Waals surface area contributed by atoms with E-state index in [1.54, 1.807) is 6.20 Å². The summed E-state index contributed by atoms with van der Waals surface area (Å²) in [6, 6.07) is 14.7. The van der Waals surface area contributed by atoms with Crippen molar-refractivity contribution in [3.05, 3.63) is 97.1 Å². The maximum absolute atomic E-state index is 4.65. The van der Waals surface area contributed by atoms with Crippen LogP contribution in [0.15, 0.2) is 91.6 Å². The van der Waals surface area contributed by atoms with Crippen LogP contribution in [0.1, 0.15) is 26.3 Å². The lowest BCUT2D eigenvalue weighted by Gasteiger charge is -2.12. The predicted molar refractivity (Wildman–Crippen MR) is 145 cm³/mol. The average Bonchev–Trinajstić information content (AvgIpc) is 3.50. The van der Waals surface area contributed by atoms with Crippen molar-refractivity contribution in [2.75, 3.05) is 0 Å². The summed E-state index contributed by atoms with van der Waals surface area (Å²) >= 11 is 0. The second kappa shape index (κ2) is 9.43. The second-order valence-corrected chi connectivity index (χ2v) is 8.73. The van der Waals surface area contributed by atoms with E-state index in [2.05, 4.69) is 87.3 Å². The van der Waals surface area contributed by atoms with Gasteiger partial charge in [-0.05, 0) is 74.4 Å². The number of H-pyrrole nitrogens is 2. The number of nitrogens with one attached hydrogen (secondary N) is 3. The third-order valence-corrected chi connectivity index (χ3v) is 5.94. The molecule has 5 rings (SSSR count). The molecule has 1 aromatic carbocycles. The highest BCUT2D eigenvalue weighted by Gasteiger charge is 2.15. The SMILES string of the molecule is C=C/C(=C\C(=C/C)c1ccc2[nH]nc(-c3cc4c(-c5ccccn5)cncc4[nH]3)c2c1)NC(C)C. The molecule has 5 aromatic rings. The molecule has 0 radical (unpaired) electrons. The van der Waals surface area contributed by atoms with Gasteiger partial charge in [0.1, 0.15) is 5.69 Å². The van der Waals surface area contributed by atoms with Gasteiger partial charge in [-0.15, -0.1) is 0 Å². The van der Waals surface area contributed by atoms with E-state index in [-0.39, 0.29) is 0 Å². The van der Waals surface area contributed by atoms with Crippen LogP contribution in [0, 0.1) is 0 Å². The molecule has 6 nitrogen and oxygen atoms in total. The first-order valence-corrected chi connectivity index (χ1v) is 11.7. The zero-order valence-electron chi connectivity index (χ0n) is 20.1. The quantitative estimate of drug-likeness (QED) is 0.238. The number of rotatable bonds is 7. The molecule has 0 spiro atoms.